The first-order chi connectivity index (χ1) is 9.72. The Morgan fingerprint density at radius 2 is 2.15 bits per heavy atom. The number of aliphatic hydroxyl groups excluding tert-OH is 1. The van der Waals surface area contributed by atoms with E-state index in [9.17, 15) is 4.39 Å². The Labute approximate surface area is 119 Å². The van der Waals surface area contributed by atoms with Crippen molar-refractivity contribution in [3.05, 3.63) is 51.5 Å². The molecule has 1 heterocycles. The molecule has 0 fully saturated rings. The van der Waals surface area contributed by atoms with Gasteiger partial charge in [0.25, 0.3) is 0 Å². The smallest absolute Gasteiger partial charge is 0.166 e. The molecule has 0 bridgehead atoms. The molecular weight excluding hydrogens is 277 g/mol. The number of aliphatic hydroxyl groups is 1. The number of halogens is 1. The molecule has 0 radical (unpaired) electrons. The highest BCUT2D eigenvalue weighted by Crippen LogP contribution is 2.22. The lowest BCUT2D eigenvalue weighted by Crippen LogP contribution is -1.95. The fourth-order valence-electron chi connectivity index (χ4n) is 1.49. The van der Waals surface area contributed by atoms with Gasteiger partial charge in [-0.3, -0.25) is 0 Å². The van der Waals surface area contributed by atoms with E-state index >= 15 is 0 Å². The third kappa shape index (κ3) is 3.58. The summed E-state index contributed by atoms with van der Waals surface area (Å²) in [5, 5.41) is 17.2. The molecule has 1 N–H and O–H groups in total. The van der Waals surface area contributed by atoms with Crippen LogP contribution in [-0.4, -0.2) is 11.7 Å². The van der Waals surface area contributed by atoms with Crippen molar-refractivity contribution in [2.45, 2.75) is 6.61 Å². The lowest BCUT2D eigenvalue weighted by atomic mass is 10.2. The minimum absolute atomic E-state index is 0.111. The highest BCUT2D eigenvalue weighted by Gasteiger charge is 2.06. The van der Waals surface area contributed by atoms with Crippen molar-refractivity contribution < 1.29 is 14.2 Å². The van der Waals surface area contributed by atoms with Gasteiger partial charge in [-0.05, 0) is 30.3 Å². The zero-order chi connectivity index (χ0) is 14.4. The Kier molecular flexibility index (Phi) is 4.73. The van der Waals surface area contributed by atoms with Gasteiger partial charge in [0.2, 0.25) is 0 Å². The summed E-state index contributed by atoms with van der Waals surface area (Å²) >= 11 is 1.42. The van der Waals surface area contributed by atoms with Crippen molar-refractivity contribution in [1.82, 2.24) is 0 Å². The van der Waals surface area contributed by atoms with Crippen molar-refractivity contribution in [3.8, 4) is 23.7 Å². The van der Waals surface area contributed by atoms with Gasteiger partial charge in [-0.2, -0.15) is 5.26 Å². The van der Waals surface area contributed by atoms with Crippen LogP contribution >= 0.6 is 11.3 Å². The Bertz CT molecular complexity index is 707. The summed E-state index contributed by atoms with van der Waals surface area (Å²) < 4.78 is 19.0. The molecule has 0 spiro atoms. The molecule has 0 saturated carbocycles. The van der Waals surface area contributed by atoms with Gasteiger partial charge >= 0.3 is 0 Å². The first-order valence-corrected chi connectivity index (χ1v) is 6.55. The fourth-order valence-corrected chi connectivity index (χ4v) is 2.28. The van der Waals surface area contributed by atoms with Gasteiger partial charge in [0.05, 0.1) is 16.5 Å². The second-order valence-electron chi connectivity index (χ2n) is 3.77. The quantitative estimate of drug-likeness (QED) is 0.883. The van der Waals surface area contributed by atoms with Crippen LogP contribution in [0, 0.1) is 29.0 Å². The number of ether oxygens (including phenoxy) is 1. The van der Waals surface area contributed by atoms with E-state index in [0.29, 0.717) is 0 Å². The average molecular weight is 287 g/mol. The maximum atomic E-state index is 13.6. The number of rotatable bonds is 3. The van der Waals surface area contributed by atoms with Crippen molar-refractivity contribution >= 4 is 11.3 Å². The Balaban J connectivity index is 2.02. The zero-order valence-electron chi connectivity index (χ0n) is 10.4. The molecule has 0 aliphatic heterocycles. The van der Waals surface area contributed by atoms with E-state index in [1.54, 1.807) is 0 Å². The molecule has 3 nitrogen and oxygen atoms in total. The molecule has 100 valence electrons. The Morgan fingerprint density at radius 3 is 2.85 bits per heavy atom. The van der Waals surface area contributed by atoms with Crippen molar-refractivity contribution in [2.75, 3.05) is 6.61 Å². The molecular formula is C15H10FNO2S. The summed E-state index contributed by atoms with van der Waals surface area (Å²) in [5.41, 5.74) is 0.257. The third-order valence-corrected chi connectivity index (χ3v) is 3.36. The summed E-state index contributed by atoms with van der Waals surface area (Å²) in [6.45, 7) is 0.0501. The van der Waals surface area contributed by atoms with Crippen LogP contribution in [0.2, 0.25) is 0 Å². The Hall–Kier alpha value is -2.34. The van der Waals surface area contributed by atoms with E-state index in [0.717, 1.165) is 15.8 Å². The van der Waals surface area contributed by atoms with Gasteiger partial charge in [-0.15, -0.1) is 11.3 Å². The molecule has 1 aromatic heterocycles. The summed E-state index contributed by atoms with van der Waals surface area (Å²) in [5.74, 6) is 4.91. The largest absolute Gasteiger partial charge is 0.485 e. The number of nitrogens with zero attached hydrogens (tertiary/aromatic N) is 1. The lowest BCUT2D eigenvalue weighted by molar-refractivity contribution is 0.293. The van der Waals surface area contributed by atoms with Gasteiger partial charge in [0, 0.05) is 4.88 Å². The molecule has 0 saturated heterocycles. The average Bonchev–Trinajstić information content (AvgIpc) is 2.91. The fraction of sp³-hybridized carbons (Fsp3) is 0.133. The number of hydrogen-bond donors (Lipinski definition) is 1. The van der Waals surface area contributed by atoms with Crippen LogP contribution in [0.3, 0.4) is 0 Å². The monoisotopic (exact) mass is 287 g/mol. The second kappa shape index (κ2) is 6.72. The van der Waals surface area contributed by atoms with E-state index in [-0.39, 0.29) is 24.5 Å². The number of benzene rings is 1. The molecule has 1 aromatic carbocycles. The van der Waals surface area contributed by atoms with E-state index in [1.165, 1.54) is 23.5 Å². The van der Waals surface area contributed by atoms with E-state index < -0.39 is 5.82 Å². The van der Waals surface area contributed by atoms with E-state index in [4.69, 9.17) is 15.1 Å². The van der Waals surface area contributed by atoms with Gasteiger partial charge in [-0.25, -0.2) is 4.39 Å². The lowest BCUT2D eigenvalue weighted by Gasteiger charge is -2.05. The van der Waals surface area contributed by atoms with Crippen molar-refractivity contribution in [2.24, 2.45) is 0 Å². The van der Waals surface area contributed by atoms with Crippen LogP contribution in [0.5, 0.6) is 5.75 Å². The molecule has 0 aliphatic carbocycles. The minimum atomic E-state index is -0.555. The maximum absolute atomic E-state index is 13.6. The van der Waals surface area contributed by atoms with Gasteiger partial charge < -0.3 is 9.84 Å². The summed E-state index contributed by atoms with van der Waals surface area (Å²) in [7, 11) is 0. The first kappa shape index (κ1) is 14.1. The molecule has 2 rings (SSSR count). The van der Waals surface area contributed by atoms with Crippen molar-refractivity contribution in [1.29, 1.82) is 5.26 Å². The number of thiophene rings is 1. The normalized spacial score (nSPS) is 9.45. The van der Waals surface area contributed by atoms with Gasteiger partial charge in [0.15, 0.2) is 11.6 Å². The Morgan fingerprint density at radius 1 is 1.30 bits per heavy atom. The molecule has 0 unspecified atom stereocenters. The number of nitriles is 1. The van der Waals surface area contributed by atoms with Crippen LogP contribution in [0.25, 0.3) is 0 Å². The topological polar surface area (TPSA) is 53.2 Å². The maximum Gasteiger partial charge on any atom is 0.166 e. The van der Waals surface area contributed by atoms with E-state index in [2.05, 4.69) is 11.8 Å². The molecule has 0 amide bonds. The molecule has 0 aliphatic rings. The summed E-state index contributed by atoms with van der Waals surface area (Å²) in [6, 6.07) is 9.61. The van der Waals surface area contributed by atoms with Crippen LogP contribution in [0.1, 0.15) is 15.3 Å². The predicted octanol–water partition coefficient (Wildman–Crippen LogP) is 2.68. The van der Waals surface area contributed by atoms with Crippen LogP contribution in [0.4, 0.5) is 4.39 Å². The highest BCUT2D eigenvalue weighted by molar-refractivity contribution is 7.12. The predicted molar refractivity (Wildman–Crippen MR) is 73.7 cm³/mol. The van der Waals surface area contributed by atoms with Gasteiger partial charge in [-0.1, -0.05) is 11.8 Å². The standard InChI is InChI=1S/C15H10FNO2S/c16-14-8-11(9-17)3-6-15(14)19-10-13-5-4-12(20-13)2-1-7-18/h3-6,8,18H,7,10H2. The first-order valence-electron chi connectivity index (χ1n) is 5.74. The van der Waals surface area contributed by atoms with Crippen LogP contribution < -0.4 is 4.74 Å². The van der Waals surface area contributed by atoms with E-state index in [1.807, 2.05) is 18.2 Å². The second-order valence-corrected chi connectivity index (χ2v) is 4.94. The van der Waals surface area contributed by atoms with Crippen molar-refractivity contribution in [3.63, 3.8) is 0 Å². The van der Waals surface area contributed by atoms with Crippen LogP contribution in [-0.2, 0) is 6.61 Å². The molecule has 5 heteroatoms. The van der Waals surface area contributed by atoms with Crippen LogP contribution in [0.15, 0.2) is 30.3 Å². The summed E-state index contributed by atoms with van der Waals surface area (Å²) in [6.07, 6.45) is 0. The molecule has 2 aromatic rings. The third-order valence-electron chi connectivity index (χ3n) is 2.38. The highest BCUT2D eigenvalue weighted by atomic mass is 32.1. The summed E-state index contributed by atoms with van der Waals surface area (Å²) in [4.78, 5) is 1.72. The molecule has 20 heavy (non-hydrogen) atoms. The minimum Gasteiger partial charge on any atom is -0.485 e. The van der Waals surface area contributed by atoms with Gasteiger partial charge in [0.1, 0.15) is 13.2 Å². The number of hydrogen-bond acceptors (Lipinski definition) is 4. The zero-order valence-corrected chi connectivity index (χ0v) is 11.2. The SMILES string of the molecule is N#Cc1ccc(OCc2ccc(C#CCO)s2)c(F)c1. The molecule has 0 atom stereocenters.